The van der Waals surface area contributed by atoms with Crippen LogP contribution in [0.25, 0.3) is 0 Å². The average Bonchev–Trinajstić information content (AvgIpc) is 1.83. The minimum atomic E-state index is -3.35. The van der Waals surface area contributed by atoms with Crippen LogP contribution in [0.2, 0.25) is 0 Å². The molecule has 0 heterocycles. The monoisotopic (exact) mass is 176 g/mol. The molecule has 62 valence electrons. The van der Waals surface area contributed by atoms with Crippen molar-refractivity contribution in [2.75, 3.05) is 12.9 Å². The molecule has 7 heteroatoms. The molecule has 0 rings (SSSR count). The van der Waals surface area contributed by atoms with Gasteiger partial charge in [-0.3, -0.25) is 0 Å². The molecule has 0 radical (unpaired) electrons. The summed E-state index contributed by atoms with van der Waals surface area (Å²) >= 11 is 0. The van der Waals surface area contributed by atoms with E-state index in [4.69, 9.17) is 4.65 Å². The molecule has 0 aliphatic rings. The van der Waals surface area contributed by atoms with Gasteiger partial charge >= 0.3 is 67.6 Å². The quantitative estimate of drug-likeness (QED) is 0.390. The van der Waals surface area contributed by atoms with Crippen LogP contribution >= 0.6 is 0 Å². The van der Waals surface area contributed by atoms with Gasteiger partial charge in [-0.1, -0.05) is 0 Å². The number of hydrogen-bond acceptors (Lipinski definition) is 4. The molecule has 0 saturated heterocycles. The van der Waals surface area contributed by atoms with Crippen molar-refractivity contribution in [3.05, 3.63) is 0 Å². The second-order valence-corrected chi connectivity index (χ2v) is 3.75. The van der Waals surface area contributed by atoms with E-state index >= 15 is 0 Å². The van der Waals surface area contributed by atoms with Crippen molar-refractivity contribution in [1.29, 1.82) is 0 Å². The van der Waals surface area contributed by atoms with Gasteiger partial charge < -0.3 is 0 Å². The molecule has 11 heavy (non-hydrogen) atoms. The third kappa shape index (κ3) is 7.74. The van der Waals surface area contributed by atoms with Crippen molar-refractivity contribution < 1.29 is 17.3 Å². The fourth-order valence-corrected chi connectivity index (χ4v) is 0.862. The molecule has 4 nitrogen and oxygen atoms in total. The van der Waals surface area contributed by atoms with E-state index in [-0.39, 0.29) is 12.7 Å². The predicted octanol–water partition coefficient (Wildman–Crippen LogP) is -1.20. The van der Waals surface area contributed by atoms with Crippen LogP contribution in [-0.2, 0) is 19.0 Å². The van der Waals surface area contributed by atoms with Crippen LogP contribution in [-0.4, -0.2) is 41.8 Å². The summed E-state index contributed by atoms with van der Waals surface area (Å²) < 4.78 is 30.1. The molecule has 0 amide bonds. The Balaban J connectivity index is 3.62. The first kappa shape index (κ1) is 10.8. The van der Waals surface area contributed by atoms with Crippen molar-refractivity contribution >= 4 is 24.5 Å². The van der Waals surface area contributed by atoms with Gasteiger partial charge in [0.1, 0.15) is 0 Å². The topological polar surface area (TPSA) is 52.6 Å². The fourth-order valence-electron chi connectivity index (χ4n) is 0.423. The number of rotatable bonds is 5. The van der Waals surface area contributed by atoms with Gasteiger partial charge in [-0.05, 0) is 0 Å². The summed E-state index contributed by atoms with van der Waals surface area (Å²) in [7, 11) is 1.21. The van der Waals surface area contributed by atoms with Crippen LogP contribution in [0, 0.1) is 0 Å². The van der Waals surface area contributed by atoms with Crippen molar-refractivity contribution in [3.63, 3.8) is 0 Å². The predicted molar refractivity (Wildman–Crippen MR) is 44.2 cm³/mol. The summed E-state index contributed by atoms with van der Waals surface area (Å²) in [6.45, 7) is 1.71. The van der Waals surface area contributed by atoms with E-state index in [2.05, 4.69) is 11.6 Å². The summed E-state index contributed by atoms with van der Waals surface area (Å²) in [5.41, 5.74) is 0. The standard InChI is InChI=1S/C4H10B2O4S/c1-4(10-6-5)3-9-11(2,7)8/h4-5H,3H2,1-2H3. The van der Waals surface area contributed by atoms with E-state index in [0.717, 1.165) is 6.26 Å². The Morgan fingerprint density at radius 3 is 2.55 bits per heavy atom. The van der Waals surface area contributed by atoms with Crippen molar-refractivity contribution in [2.45, 2.75) is 13.0 Å². The van der Waals surface area contributed by atoms with Crippen LogP contribution < -0.4 is 0 Å². The molecule has 1 unspecified atom stereocenters. The summed E-state index contributed by atoms with van der Waals surface area (Å²) in [5.74, 6) is 0. The van der Waals surface area contributed by atoms with Crippen LogP contribution in [0.15, 0.2) is 0 Å². The molecule has 0 aliphatic carbocycles. The van der Waals surface area contributed by atoms with Crippen LogP contribution in [0.4, 0.5) is 0 Å². The van der Waals surface area contributed by atoms with Crippen molar-refractivity contribution in [2.24, 2.45) is 0 Å². The SMILES string of the molecule is B=BOC(C)COS(C)(=O)=O. The molecule has 0 N–H and O–H groups in total. The molecule has 0 aromatic carbocycles. The maximum absolute atomic E-state index is 10.4. The van der Waals surface area contributed by atoms with Gasteiger partial charge in [0.05, 0.1) is 0 Å². The van der Waals surface area contributed by atoms with Gasteiger partial charge in [0.15, 0.2) is 0 Å². The van der Waals surface area contributed by atoms with Crippen molar-refractivity contribution in [1.82, 2.24) is 0 Å². The Morgan fingerprint density at radius 1 is 1.64 bits per heavy atom. The summed E-state index contributed by atoms with van der Waals surface area (Å²) in [5, 5.41) is 0. The van der Waals surface area contributed by atoms with Crippen LogP contribution in [0.3, 0.4) is 0 Å². The van der Waals surface area contributed by atoms with E-state index in [1.807, 2.05) is 0 Å². The number of hydrogen-bond donors (Lipinski definition) is 0. The fraction of sp³-hybridized carbons (Fsp3) is 1.00. The summed E-state index contributed by atoms with van der Waals surface area (Å²) in [6.07, 6.45) is 0.704. The molecule has 0 aromatic rings. The summed E-state index contributed by atoms with van der Waals surface area (Å²) in [4.78, 5) is 0. The van der Waals surface area contributed by atoms with Gasteiger partial charge in [0.25, 0.3) is 0 Å². The van der Waals surface area contributed by atoms with E-state index < -0.39 is 10.1 Å². The second kappa shape index (κ2) is 4.66. The Morgan fingerprint density at radius 2 is 2.18 bits per heavy atom. The molecule has 0 aliphatic heterocycles. The zero-order valence-electron chi connectivity index (χ0n) is 6.61. The molecule has 0 fully saturated rings. The first-order valence-electron chi connectivity index (χ1n) is 3.06. The van der Waals surface area contributed by atoms with Gasteiger partial charge in [-0.2, -0.15) is 0 Å². The van der Waals surface area contributed by atoms with E-state index in [0.29, 0.717) is 0 Å². The first-order chi connectivity index (χ1) is 4.95. The molecule has 0 aromatic heterocycles. The normalized spacial score (nSPS) is 13.5. The van der Waals surface area contributed by atoms with Crippen LogP contribution in [0.5, 0.6) is 0 Å². The molecule has 0 spiro atoms. The average molecular weight is 176 g/mol. The summed E-state index contributed by atoms with van der Waals surface area (Å²) in [6, 6.07) is 0. The second-order valence-electron chi connectivity index (χ2n) is 2.10. The molecular weight excluding hydrogens is 166 g/mol. The first-order valence-corrected chi connectivity index (χ1v) is 4.88. The van der Waals surface area contributed by atoms with Crippen LogP contribution in [0.1, 0.15) is 6.92 Å². The Labute approximate surface area is 68.3 Å². The minimum absolute atomic E-state index is 0.0187. The Kier molecular flexibility index (Phi) is 4.60. The van der Waals surface area contributed by atoms with Crippen molar-refractivity contribution in [3.8, 4) is 0 Å². The van der Waals surface area contributed by atoms with Gasteiger partial charge in [0.2, 0.25) is 0 Å². The molecular formula is C4H10B2O4S. The maximum atomic E-state index is 10.4. The van der Waals surface area contributed by atoms with Gasteiger partial charge in [-0.25, -0.2) is 0 Å². The van der Waals surface area contributed by atoms with E-state index in [1.54, 1.807) is 6.92 Å². The third-order valence-electron chi connectivity index (χ3n) is 0.845. The van der Waals surface area contributed by atoms with Gasteiger partial charge in [0, 0.05) is 0 Å². The molecule has 0 bridgehead atoms. The third-order valence-corrected chi connectivity index (χ3v) is 1.41. The van der Waals surface area contributed by atoms with E-state index in [1.165, 1.54) is 7.00 Å². The molecule has 0 saturated carbocycles. The van der Waals surface area contributed by atoms with Gasteiger partial charge in [-0.15, -0.1) is 0 Å². The van der Waals surface area contributed by atoms with E-state index in [9.17, 15) is 8.42 Å². The Bertz CT molecular complexity index is 212. The zero-order chi connectivity index (χ0) is 8.91. The Hall–Kier alpha value is -0.160. The molecule has 1 atom stereocenters. The zero-order valence-corrected chi connectivity index (χ0v) is 7.43.